The second-order valence-electron chi connectivity index (χ2n) is 5.08. The zero-order valence-electron chi connectivity index (χ0n) is 11.9. The number of benzene rings is 1. The van der Waals surface area contributed by atoms with Crippen LogP contribution in [0.15, 0.2) is 18.2 Å². The van der Waals surface area contributed by atoms with E-state index in [4.69, 9.17) is 22.4 Å². The Morgan fingerprint density at radius 1 is 1.50 bits per heavy atom. The molecule has 1 atom stereocenters. The van der Waals surface area contributed by atoms with E-state index in [0.717, 1.165) is 16.9 Å². The first-order valence-corrected chi connectivity index (χ1v) is 7.10. The summed E-state index contributed by atoms with van der Waals surface area (Å²) in [6, 6.07) is 5.88. The van der Waals surface area contributed by atoms with E-state index in [1.807, 2.05) is 30.1 Å². The smallest absolute Gasteiger partial charge is 0.124 e. The Kier molecular flexibility index (Phi) is 4.99. The molecule has 2 aromatic rings. The molecular weight excluding hydrogens is 276 g/mol. The fourth-order valence-corrected chi connectivity index (χ4v) is 2.49. The molecule has 0 aliphatic carbocycles. The van der Waals surface area contributed by atoms with Gasteiger partial charge >= 0.3 is 0 Å². The van der Waals surface area contributed by atoms with E-state index in [2.05, 4.69) is 16.5 Å². The predicted octanol–water partition coefficient (Wildman–Crippen LogP) is 1.63. The van der Waals surface area contributed by atoms with Crippen LogP contribution < -0.4 is 5.73 Å². The van der Waals surface area contributed by atoms with Crippen molar-refractivity contribution in [1.82, 2.24) is 14.5 Å². The average Bonchev–Trinajstić information content (AvgIpc) is 2.74. The van der Waals surface area contributed by atoms with Gasteiger partial charge in [-0.15, -0.1) is 0 Å². The van der Waals surface area contributed by atoms with Crippen LogP contribution in [0.2, 0.25) is 5.02 Å². The highest BCUT2D eigenvalue weighted by molar-refractivity contribution is 6.31. The molecule has 2 rings (SSSR count). The van der Waals surface area contributed by atoms with Crippen molar-refractivity contribution in [2.75, 3.05) is 26.7 Å². The second-order valence-corrected chi connectivity index (χ2v) is 5.51. The molecule has 110 valence electrons. The minimum atomic E-state index is 0.134. The van der Waals surface area contributed by atoms with Crippen LogP contribution in [0, 0.1) is 0 Å². The molecule has 0 fully saturated rings. The third kappa shape index (κ3) is 3.12. The van der Waals surface area contributed by atoms with Crippen LogP contribution in [0.25, 0.3) is 11.0 Å². The van der Waals surface area contributed by atoms with E-state index < -0.39 is 0 Å². The third-order valence-electron chi connectivity index (χ3n) is 3.40. The van der Waals surface area contributed by atoms with Gasteiger partial charge in [-0.2, -0.15) is 0 Å². The molecule has 1 unspecified atom stereocenters. The summed E-state index contributed by atoms with van der Waals surface area (Å²) in [7, 11) is 1.96. The van der Waals surface area contributed by atoms with Crippen molar-refractivity contribution in [2.45, 2.75) is 19.5 Å². The molecule has 0 saturated carbocycles. The van der Waals surface area contributed by atoms with Crippen LogP contribution in [-0.4, -0.2) is 46.3 Å². The van der Waals surface area contributed by atoms with Gasteiger partial charge in [0.2, 0.25) is 0 Å². The lowest BCUT2D eigenvalue weighted by Crippen LogP contribution is -2.25. The molecule has 6 heteroatoms. The standard InChI is InChI=1S/C14H21ClN4O/c1-10(8-16)19-13-4-3-11(15)7-12(13)17-14(19)9-18(2)5-6-20/h3-4,7,10,20H,5-6,8-9,16H2,1-2H3. The van der Waals surface area contributed by atoms with Crippen molar-refractivity contribution in [2.24, 2.45) is 5.73 Å². The van der Waals surface area contributed by atoms with E-state index >= 15 is 0 Å². The van der Waals surface area contributed by atoms with Crippen LogP contribution in [0.4, 0.5) is 0 Å². The lowest BCUT2D eigenvalue weighted by molar-refractivity contribution is 0.212. The summed E-state index contributed by atoms with van der Waals surface area (Å²) in [4.78, 5) is 6.69. The number of nitrogens with two attached hydrogens (primary N) is 1. The van der Waals surface area contributed by atoms with Gasteiger partial charge in [-0.05, 0) is 32.2 Å². The fraction of sp³-hybridized carbons (Fsp3) is 0.500. The van der Waals surface area contributed by atoms with Gasteiger partial charge < -0.3 is 15.4 Å². The molecule has 0 aliphatic heterocycles. The van der Waals surface area contributed by atoms with Gasteiger partial charge in [0.25, 0.3) is 0 Å². The zero-order chi connectivity index (χ0) is 14.7. The number of fused-ring (bicyclic) bond motifs is 1. The predicted molar refractivity (Wildman–Crippen MR) is 81.9 cm³/mol. The zero-order valence-corrected chi connectivity index (χ0v) is 12.6. The molecule has 1 aromatic heterocycles. The Morgan fingerprint density at radius 3 is 2.90 bits per heavy atom. The Morgan fingerprint density at radius 2 is 2.25 bits per heavy atom. The number of nitrogens with zero attached hydrogens (tertiary/aromatic N) is 3. The molecule has 0 bridgehead atoms. The van der Waals surface area contributed by atoms with Crippen LogP contribution in [0.1, 0.15) is 18.8 Å². The van der Waals surface area contributed by atoms with Gasteiger partial charge in [-0.1, -0.05) is 11.6 Å². The number of likely N-dealkylation sites (N-methyl/N-ethyl adjacent to an activating group) is 1. The summed E-state index contributed by atoms with van der Waals surface area (Å²) in [5, 5.41) is 9.69. The maximum Gasteiger partial charge on any atom is 0.124 e. The van der Waals surface area contributed by atoms with Crippen LogP contribution in [0.5, 0.6) is 0 Å². The van der Waals surface area contributed by atoms with Crippen LogP contribution in [0.3, 0.4) is 0 Å². The maximum atomic E-state index is 9.01. The summed E-state index contributed by atoms with van der Waals surface area (Å²) in [5.74, 6) is 0.941. The lowest BCUT2D eigenvalue weighted by atomic mass is 10.2. The summed E-state index contributed by atoms with van der Waals surface area (Å²) in [6.07, 6.45) is 0. The molecule has 0 aliphatic rings. The van der Waals surface area contributed by atoms with Crippen molar-refractivity contribution in [1.29, 1.82) is 0 Å². The Bertz CT molecular complexity index is 584. The SMILES string of the molecule is CC(CN)n1c(CN(C)CCO)nc2cc(Cl)ccc21. The first kappa shape index (κ1) is 15.3. The minimum absolute atomic E-state index is 0.134. The number of aliphatic hydroxyl groups is 1. The highest BCUT2D eigenvalue weighted by Gasteiger charge is 2.16. The molecule has 0 radical (unpaired) electrons. The first-order valence-electron chi connectivity index (χ1n) is 6.72. The van der Waals surface area contributed by atoms with E-state index in [-0.39, 0.29) is 12.6 Å². The van der Waals surface area contributed by atoms with Crippen molar-refractivity contribution >= 4 is 22.6 Å². The van der Waals surface area contributed by atoms with Crippen molar-refractivity contribution in [3.8, 4) is 0 Å². The highest BCUT2D eigenvalue weighted by atomic mass is 35.5. The van der Waals surface area contributed by atoms with Gasteiger partial charge in [0.05, 0.1) is 24.2 Å². The number of aromatic nitrogens is 2. The lowest BCUT2D eigenvalue weighted by Gasteiger charge is -2.19. The quantitative estimate of drug-likeness (QED) is 0.850. The molecule has 20 heavy (non-hydrogen) atoms. The van der Waals surface area contributed by atoms with E-state index in [0.29, 0.717) is 24.7 Å². The summed E-state index contributed by atoms with van der Waals surface area (Å²) in [6.45, 7) is 4.03. The number of hydrogen-bond acceptors (Lipinski definition) is 4. The molecule has 1 aromatic carbocycles. The molecule has 0 spiro atoms. The number of hydrogen-bond donors (Lipinski definition) is 2. The number of halogens is 1. The Labute approximate surface area is 124 Å². The van der Waals surface area contributed by atoms with Crippen LogP contribution in [-0.2, 0) is 6.54 Å². The summed E-state index contributed by atoms with van der Waals surface area (Å²) < 4.78 is 2.15. The van der Waals surface area contributed by atoms with E-state index in [1.165, 1.54) is 0 Å². The molecule has 1 heterocycles. The van der Waals surface area contributed by atoms with Crippen LogP contribution >= 0.6 is 11.6 Å². The number of aliphatic hydroxyl groups excluding tert-OH is 1. The molecule has 0 saturated heterocycles. The van der Waals surface area contributed by atoms with E-state index in [1.54, 1.807) is 0 Å². The fourth-order valence-electron chi connectivity index (χ4n) is 2.32. The molecule has 3 N–H and O–H groups in total. The highest BCUT2D eigenvalue weighted by Crippen LogP contribution is 2.24. The van der Waals surface area contributed by atoms with Gasteiger partial charge in [0, 0.05) is 24.2 Å². The van der Waals surface area contributed by atoms with Gasteiger partial charge in [-0.3, -0.25) is 4.90 Å². The van der Waals surface area contributed by atoms with Gasteiger partial charge in [0.1, 0.15) is 5.82 Å². The largest absolute Gasteiger partial charge is 0.395 e. The van der Waals surface area contributed by atoms with Gasteiger partial charge in [-0.25, -0.2) is 4.98 Å². The second kappa shape index (κ2) is 6.54. The third-order valence-corrected chi connectivity index (χ3v) is 3.63. The van der Waals surface area contributed by atoms with Crippen molar-refractivity contribution in [3.05, 3.63) is 29.0 Å². The molecule has 0 amide bonds. The normalized spacial score (nSPS) is 13.3. The van der Waals surface area contributed by atoms with Crippen molar-refractivity contribution in [3.63, 3.8) is 0 Å². The maximum absolute atomic E-state index is 9.01. The summed E-state index contributed by atoms with van der Waals surface area (Å²) >= 11 is 6.03. The minimum Gasteiger partial charge on any atom is -0.395 e. The van der Waals surface area contributed by atoms with Gasteiger partial charge in [0.15, 0.2) is 0 Å². The summed E-state index contributed by atoms with van der Waals surface area (Å²) in [5.41, 5.74) is 7.74. The number of rotatable bonds is 6. The molecule has 5 nitrogen and oxygen atoms in total. The topological polar surface area (TPSA) is 67.3 Å². The van der Waals surface area contributed by atoms with E-state index in [9.17, 15) is 0 Å². The average molecular weight is 297 g/mol. The molecular formula is C14H21ClN4O. The monoisotopic (exact) mass is 296 g/mol. The first-order chi connectivity index (χ1) is 9.56. The Hall–Kier alpha value is -1.14. The number of imidazole rings is 1. The van der Waals surface area contributed by atoms with Crippen molar-refractivity contribution < 1.29 is 5.11 Å². The Balaban J connectivity index is 2.45.